The fourth-order valence-electron chi connectivity index (χ4n) is 2.19. The monoisotopic (exact) mass is 258 g/mol. The second-order valence-electron chi connectivity index (χ2n) is 4.59. The van der Waals surface area contributed by atoms with E-state index in [4.69, 9.17) is 4.74 Å². The van der Waals surface area contributed by atoms with Crippen molar-refractivity contribution in [3.8, 4) is 5.75 Å². The number of Topliss-reactive ketones (excluding diaryl/α,β-unsaturated/α-hetero) is 1. The lowest BCUT2D eigenvalue weighted by Crippen LogP contribution is -2.45. The molecule has 1 saturated heterocycles. The van der Waals surface area contributed by atoms with Crippen LogP contribution >= 0.6 is 0 Å². The van der Waals surface area contributed by atoms with Crippen molar-refractivity contribution >= 4 is 22.6 Å². The first kappa shape index (κ1) is 11.8. The summed E-state index contributed by atoms with van der Waals surface area (Å²) in [6.45, 7) is 1.35. The van der Waals surface area contributed by atoms with E-state index < -0.39 is 11.7 Å². The number of methoxy groups -OCH3 is 1. The third-order valence-electron chi connectivity index (χ3n) is 3.47. The minimum atomic E-state index is -0.459. The summed E-state index contributed by atoms with van der Waals surface area (Å²) in [5.41, 5.74) is 1.23. The highest BCUT2D eigenvalue weighted by Crippen LogP contribution is 2.24. The number of amides is 1. The van der Waals surface area contributed by atoms with E-state index in [1.54, 1.807) is 24.3 Å². The molecule has 0 radical (unpaired) electrons. The van der Waals surface area contributed by atoms with Gasteiger partial charge in [-0.1, -0.05) is 0 Å². The molecule has 1 aliphatic heterocycles. The molecule has 1 aliphatic rings. The van der Waals surface area contributed by atoms with Crippen molar-refractivity contribution in [1.82, 2.24) is 9.88 Å². The van der Waals surface area contributed by atoms with Gasteiger partial charge < -0.3 is 14.6 Å². The lowest BCUT2D eigenvalue weighted by atomic mass is 10.1. The maximum atomic E-state index is 12.2. The standard InChI is InChI=1S/C14H14N2O3/c1-19-9-3-4-12-10(7-9)11(8-15-12)13(17)14(18)16-5-2-6-16/h3-4,7-8,15H,2,5-6H2,1H3. The highest BCUT2D eigenvalue weighted by atomic mass is 16.5. The number of fused-ring (bicyclic) bond motifs is 1. The number of benzene rings is 1. The first-order chi connectivity index (χ1) is 9.20. The van der Waals surface area contributed by atoms with Gasteiger partial charge in [0.25, 0.3) is 11.7 Å². The number of hydrogen-bond donors (Lipinski definition) is 1. The van der Waals surface area contributed by atoms with Crippen LogP contribution in [0.2, 0.25) is 0 Å². The molecule has 0 atom stereocenters. The van der Waals surface area contributed by atoms with Crippen molar-refractivity contribution in [2.24, 2.45) is 0 Å². The number of carbonyl (C=O) groups is 2. The van der Waals surface area contributed by atoms with Crippen molar-refractivity contribution in [1.29, 1.82) is 0 Å². The van der Waals surface area contributed by atoms with Crippen LogP contribution in [0.3, 0.4) is 0 Å². The van der Waals surface area contributed by atoms with E-state index >= 15 is 0 Å². The van der Waals surface area contributed by atoms with E-state index in [-0.39, 0.29) is 0 Å². The van der Waals surface area contributed by atoms with E-state index in [1.807, 2.05) is 12.1 Å². The molecular weight excluding hydrogens is 244 g/mol. The Balaban J connectivity index is 1.99. The lowest BCUT2D eigenvalue weighted by Gasteiger charge is -2.29. The third kappa shape index (κ3) is 1.87. The highest BCUT2D eigenvalue weighted by molar-refractivity contribution is 6.45. The number of aromatic nitrogens is 1. The topological polar surface area (TPSA) is 62.4 Å². The predicted octanol–water partition coefficient (Wildman–Crippen LogP) is 1.59. The average Bonchev–Trinajstić information content (AvgIpc) is 2.78. The Kier molecular flexibility index (Phi) is 2.74. The number of rotatable bonds is 3. The number of carbonyl (C=O) groups excluding carboxylic acids is 2. The Bertz CT molecular complexity index is 656. The molecule has 1 aromatic carbocycles. The first-order valence-electron chi connectivity index (χ1n) is 6.19. The molecule has 5 heteroatoms. The summed E-state index contributed by atoms with van der Waals surface area (Å²) >= 11 is 0. The van der Waals surface area contributed by atoms with E-state index in [1.165, 1.54) is 0 Å². The van der Waals surface area contributed by atoms with Crippen molar-refractivity contribution < 1.29 is 14.3 Å². The summed E-state index contributed by atoms with van der Waals surface area (Å²) in [4.78, 5) is 28.7. The Morgan fingerprint density at radius 1 is 1.32 bits per heavy atom. The maximum Gasteiger partial charge on any atom is 0.295 e. The minimum Gasteiger partial charge on any atom is -0.497 e. The number of ether oxygens (including phenoxy) is 1. The lowest BCUT2D eigenvalue weighted by molar-refractivity contribution is -0.129. The van der Waals surface area contributed by atoms with Crippen LogP contribution < -0.4 is 4.74 Å². The van der Waals surface area contributed by atoms with Crippen LogP contribution in [0.15, 0.2) is 24.4 Å². The molecule has 5 nitrogen and oxygen atoms in total. The second-order valence-corrected chi connectivity index (χ2v) is 4.59. The Labute approximate surface area is 110 Å². The summed E-state index contributed by atoms with van der Waals surface area (Å²) in [6.07, 6.45) is 2.56. The van der Waals surface area contributed by atoms with Crippen molar-refractivity contribution in [3.05, 3.63) is 30.0 Å². The average molecular weight is 258 g/mol. The zero-order valence-corrected chi connectivity index (χ0v) is 10.6. The molecular formula is C14H14N2O3. The maximum absolute atomic E-state index is 12.2. The fraction of sp³-hybridized carbons (Fsp3) is 0.286. The zero-order chi connectivity index (χ0) is 13.4. The van der Waals surface area contributed by atoms with Gasteiger partial charge >= 0.3 is 0 Å². The molecule has 98 valence electrons. The van der Waals surface area contributed by atoms with E-state index in [0.717, 1.165) is 17.3 Å². The number of likely N-dealkylation sites (tertiary alicyclic amines) is 1. The summed E-state index contributed by atoms with van der Waals surface area (Å²) in [6, 6.07) is 5.41. The number of nitrogens with one attached hydrogen (secondary N) is 1. The quantitative estimate of drug-likeness (QED) is 0.671. The van der Waals surface area contributed by atoms with Gasteiger partial charge in [-0.25, -0.2) is 0 Å². The van der Waals surface area contributed by atoms with Gasteiger partial charge in [0.05, 0.1) is 12.7 Å². The normalized spacial score (nSPS) is 14.3. The highest BCUT2D eigenvalue weighted by Gasteiger charge is 2.28. The molecule has 1 fully saturated rings. The molecule has 1 N–H and O–H groups in total. The van der Waals surface area contributed by atoms with Gasteiger partial charge in [-0.05, 0) is 24.6 Å². The molecule has 2 aromatic rings. The van der Waals surface area contributed by atoms with E-state index in [9.17, 15) is 9.59 Å². The van der Waals surface area contributed by atoms with Gasteiger partial charge in [-0.2, -0.15) is 0 Å². The van der Waals surface area contributed by atoms with Crippen LogP contribution in [0, 0.1) is 0 Å². The molecule has 0 bridgehead atoms. The first-order valence-corrected chi connectivity index (χ1v) is 6.19. The number of hydrogen-bond acceptors (Lipinski definition) is 3. The number of nitrogens with zero attached hydrogens (tertiary/aromatic N) is 1. The largest absolute Gasteiger partial charge is 0.497 e. The van der Waals surface area contributed by atoms with E-state index in [0.29, 0.717) is 24.4 Å². The molecule has 3 rings (SSSR count). The minimum absolute atomic E-state index is 0.408. The molecule has 19 heavy (non-hydrogen) atoms. The van der Waals surface area contributed by atoms with Gasteiger partial charge in [-0.3, -0.25) is 9.59 Å². The van der Waals surface area contributed by atoms with Gasteiger partial charge in [0.15, 0.2) is 0 Å². The molecule has 0 aliphatic carbocycles. The number of aromatic amines is 1. The molecule has 0 unspecified atom stereocenters. The van der Waals surface area contributed by atoms with Crippen molar-refractivity contribution in [2.45, 2.75) is 6.42 Å². The molecule has 0 saturated carbocycles. The summed E-state index contributed by atoms with van der Waals surface area (Å²) in [5, 5.41) is 0.721. The van der Waals surface area contributed by atoms with Crippen LogP contribution in [0.4, 0.5) is 0 Å². The summed E-state index contributed by atoms with van der Waals surface area (Å²) in [5.74, 6) is -0.216. The van der Waals surface area contributed by atoms with Crippen LogP contribution in [-0.2, 0) is 4.79 Å². The Morgan fingerprint density at radius 3 is 2.74 bits per heavy atom. The molecule has 1 aromatic heterocycles. The van der Waals surface area contributed by atoms with Crippen LogP contribution in [-0.4, -0.2) is 41.8 Å². The van der Waals surface area contributed by atoms with Crippen LogP contribution in [0.5, 0.6) is 5.75 Å². The van der Waals surface area contributed by atoms with Crippen molar-refractivity contribution in [2.75, 3.05) is 20.2 Å². The molecule has 2 heterocycles. The number of H-pyrrole nitrogens is 1. The summed E-state index contributed by atoms with van der Waals surface area (Å²) < 4.78 is 5.15. The Hall–Kier alpha value is -2.30. The predicted molar refractivity (Wildman–Crippen MR) is 70.4 cm³/mol. The van der Waals surface area contributed by atoms with Gasteiger partial charge in [0.1, 0.15) is 5.75 Å². The number of ketones is 1. The smallest absolute Gasteiger partial charge is 0.295 e. The van der Waals surface area contributed by atoms with Crippen LogP contribution in [0.25, 0.3) is 10.9 Å². The second kappa shape index (κ2) is 4.42. The molecule has 1 amide bonds. The summed E-state index contributed by atoms with van der Waals surface area (Å²) in [7, 11) is 1.57. The Morgan fingerprint density at radius 2 is 2.11 bits per heavy atom. The van der Waals surface area contributed by atoms with Gasteiger partial charge in [0.2, 0.25) is 0 Å². The van der Waals surface area contributed by atoms with E-state index in [2.05, 4.69) is 4.98 Å². The molecule has 0 spiro atoms. The van der Waals surface area contributed by atoms with Crippen molar-refractivity contribution in [3.63, 3.8) is 0 Å². The van der Waals surface area contributed by atoms with Gasteiger partial charge in [0, 0.05) is 30.2 Å². The van der Waals surface area contributed by atoms with Crippen LogP contribution in [0.1, 0.15) is 16.8 Å². The fourth-order valence-corrected chi connectivity index (χ4v) is 2.19. The third-order valence-corrected chi connectivity index (χ3v) is 3.47. The SMILES string of the molecule is COc1ccc2[nH]cc(C(=O)C(=O)N3CCC3)c2c1. The van der Waals surface area contributed by atoms with Gasteiger partial charge in [-0.15, -0.1) is 0 Å². The zero-order valence-electron chi connectivity index (χ0n) is 10.6.